The molecule has 170 valence electrons. The highest BCUT2D eigenvalue weighted by atomic mass is 35.5. The van der Waals surface area contributed by atoms with Gasteiger partial charge in [0.1, 0.15) is 5.56 Å². The van der Waals surface area contributed by atoms with Gasteiger partial charge in [-0.2, -0.15) is 4.98 Å². The molecule has 0 aliphatic carbocycles. The average molecular weight is 485 g/mol. The highest BCUT2D eigenvalue weighted by Crippen LogP contribution is 2.37. The molecule has 0 bridgehead atoms. The van der Waals surface area contributed by atoms with Crippen molar-refractivity contribution in [2.45, 2.75) is 13.0 Å². The Hall–Kier alpha value is -3.07. The number of carbonyl (C=O) groups excluding carboxylic acids is 1. The first-order valence-electron chi connectivity index (χ1n) is 10.6. The lowest BCUT2D eigenvalue weighted by atomic mass is 10.1. The van der Waals surface area contributed by atoms with Crippen LogP contribution in [0.15, 0.2) is 48.7 Å². The Labute approximate surface area is 201 Å². The standard InChI is InChI=1S/C23H22Cl2N6O2/c1-14-11-26-9-10-30(14)16-7-5-15(6-8-16)28-23-27-12-17-21(29-23)33-13-31(22(17)32)20-18(24)3-2-4-19(20)25/h2-8,12,14,26H,9-11,13H2,1H3,(H,27,28,29)/t14-/m1/s1. The number of nitrogens with one attached hydrogen (secondary N) is 2. The number of carbonyl (C=O) groups is 1. The molecule has 2 aromatic carbocycles. The molecule has 33 heavy (non-hydrogen) atoms. The Balaban J connectivity index is 1.32. The summed E-state index contributed by atoms with van der Waals surface area (Å²) >= 11 is 12.5. The summed E-state index contributed by atoms with van der Waals surface area (Å²) in [5, 5.41) is 7.30. The first-order chi connectivity index (χ1) is 16.0. The smallest absolute Gasteiger partial charge is 0.268 e. The number of benzene rings is 2. The molecule has 8 nitrogen and oxygen atoms in total. The van der Waals surface area contributed by atoms with Crippen LogP contribution in [0.2, 0.25) is 10.0 Å². The number of aromatic nitrogens is 2. The molecule has 10 heteroatoms. The Bertz CT molecular complexity index is 1170. The van der Waals surface area contributed by atoms with Crippen LogP contribution in [0.25, 0.3) is 0 Å². The number of amides is 1. The molecular weight excluding hydrogens is 463 g/mol. The fourth-order valence-corrected chi connectivity index (χ4v) is 4.62. The van der Waals surface area contributed by atoms with Crippen molar-refractivity contribution in [2.75, 3.05) is 41.5 Å². The van der Waals surface area contributed by atoms with E-state index < -0.39 is 0 Å². The van der Waals surface area contributed by atoms with Crippen LogP contribution < -0.4 is 25.2 Å². The van der Waals surface area contributed by atoms with E-state index in [1.54, 1.807) is 18.2 Å². The Morgan fingerprint density at radius 2 is 1.91 bits per heavy atom. The van der Waals surface area contributed by atoms with Crippen LogP contribution in [0.1, 0.15) is 17.3 Å². The molecule has 2 aliphatic rings. The highest BCUT2D eigenvalue weighted by Gasteiger charge is 2.31. The maximum absolute atomic E-state index is 13.0. The van der Waals surface area contributed by atoms with Crippen molar-refractivity contribution in [3.8, 4) is 5.88 Å². The van der Waals surface area contributed by atoms with Crippen LogP contribution >= 0.6 is 23.2 Å². The molecule has 1 aromatic heterocycles. The van der Waals surface area contributed by atoms with Gasteiger partial charge in [0.15, 0.2) is 6.73 Å². The summed E-state index contributed by atoms with van der Waals surface area (Å²) in [5.41, 5.74) is 2.66. The summed E-state index contributed by atoms with van der Waals surface area (Å²) in [6.07, 6.45) is 1.45. The van der Waals surface area contributed by atoms with Crippen LogP contribution in [-0.4, -0.2) is 48.3 Å². The minimum Gasteiger partial charge on any atom is -0.455 e. The van der Waals surface area contributed by atoms with Gasteiger partial charge in [-0.25, -0.2) is 4.98 Å². The van der Waals surface area contributed by atoms with Crippen LogP contribution in [0, 0.1) is 0 Å². The number of halogens is 2. The molecule has 1 amide bonds. The predicted octanol–water partition coefficient (Wildman–Crippen LogP) is 4.32. The highest BCUT2D eigenvalue weighted by molar-refractivity contribution is 6.40. The van der Waals surface area contributed by atoms with E-state index in [4.69, 9.17) is 27.9 Å². The number of piperazine rings is 1. The van der Waals surface area contributed by atoms with Gasteiger partial charge in [-0.05, 0) is 43.3 Å². The zero-order chi connectivity index (χ0) is 22.9. The third-order valence-electron chi connectivity index (χ3n) is 5.72. The summed E-state index contributed by atoms with van der Waals surface area (Å²) < 4.78 is 5.74. The van der Waals surface area contributed by atoms with Gasteiger partial charge in [-0.15, -0.1) is 0 Å². The molecular formula is C23H22Cl2N6O2. The summed E-state index contributed by atoms with van der Waals surface area (Å²) in [5.74, 6) is 0.226. The number of rotatable bonds is 4. The zero-order valence-electron chi connectivity index (χ0n) is 17.9. The SMILES string of the molecule is C[C@@H]1CNCCN1c1ccc(Nc2ncc3c(n2)OCN(c2c(Cl)cccc2Cl)C3=O)cc1. The topological polar surface area (TPSA) is 82.6 Å². The molecule has 1 atom stereocenters. The Kier molecular flexibility index (Phi) is 5.97. The minimum absolute atomic E-state index is 0.0523. The number of fused-ring (bicyclic) bond motifs is 1. The van der Waals surface area contributed by atoms with Gasteiger partial charge in [0.25, 0.3) is 5.91 Å². The van der Waals surface area contributed by atoms with Gasteiger partial charge in [-0.3, -0.25) is 9.69 Å². The van der Waals surface area contributed by atoms with Gasteiger partial charge < -0.3 is 20.3 Å². The fourth-order valence-electron chi connectivity index (χ4n) is 4.02. The summed E-state index contributed by atoms with van der Waals surface area (Å²) in [6.45, 7) is 5.09. The van der Waals surface area contributed by atoms with Crippen molar-refractivity contribution in [1.82, 2.24) is 15.3 Å². The largest absolute Gasteiger partial charge is 0.455 e. The van der Waals surface area contributed by atoms with Crippen molar-refractivity contribution < 1.29 is 9.53 Å². The van der Waals surface area contributed by atoms with Gasteiger partial charge in [-0.1, -0.05) is 29.3 Å². The van der Waals surface area contributed by atoms with E-state index in [1.807, 2.05) is 12.1 Å². The lowest BCUT2D eigenvalue weighted by molar-refractivity contribution is 0.0932. The normalized spacial score (nSPS) is 18.0. The monoisotopic (exact) mass is 484 g/mol. The van der Waals surface area contributed by atoms with E-state index in [-0.39, 0.29) is 24.1 Å². The van der Waals surface area contributed by atoms with Gasteiger partial charge in [0.05, 0.1) is 15.7 Å². The number of para-hydroxylation sites is 1. The minimum atomic E-state index is -0.327. The molecule has 0 spiro atoms. The number of nitrogens with zero attached hydrogens (tertiary/aromatic N) is 4. The third-order valence-corrected chi connectivity index (χ3v) is 6.33. The second-order valence-electron chi connectivity index (χ2n) is 7.91. The van der Waals surface area contributed by atoms with Gasteiger partial charge >= 0.3 is 0 Å². The average Bonchev–Trinajstić information content (AvgIpc) is 2.81. The number of hydrogen-bond acceptors (Lipinski definition) is 7. The van der Waals surface area contributed by atoms with Gasteiger partial charge in [0, 0.05) is 43.2 Å². The maximum Gasteiger partial charge on any atom is 0.268 e. The predicted molar refractivity (Wildman–Crippen MR) is 130 cm³/mol. The number of anilines is 4. The summed E-state index contributed by atoms with van der Waals surface area (Å²) in [7, 11) is 0. The van der Waals surface area contributed by atoms with Crippen LogP contribution in [0.4, 0.5) is 23.0 Å². The summed E-state index contributed by atoms with van der Waals surface area (Å²) in [6, 6.07) is 13.6. The van der Waals surface area contributed by atoms with Crippen molar-refractivity contribution in [1.29, 1.82) is 0 Å². The van der Waals surface area contributed by atoms with Crippen LogP contribution in [-0.2, 0) is 0 Å². The van der Waals surface area contributed by atoms with E-state index in [0.29, 0.717) is 27.7 Å². The van der Waals surface area contributed by atoms with Crippen molar-refractivity contribution in [3.63, 3.8) is 0 Å². The molecule has 3 aromatic rings. The molecule has 0 unspecified atom stereocenters. The van der Waals surface area contributed by atoms with E-state index in [2.05, 4.69) is 44.6 Å². The Morgan fingerprint density at radius 3 is 2.64 bits per heavy atom. The van der Waals surface area contributed by atoms with Crippen LogP contribution in [0.5, 0.6) is 5.88 Å². The maximum atomic E-state index is 13.0. The molecule has 2 N–H and O–H groups in total. The van der Waals surface area contributed by atoms with Crippen molar-refractivity contribution in [2.24, 2.45) is 0 Å². The van der Waals surface area contributed by atoms with E-state index in [1.165, 1.54) is 16.8 Å². The lowest BCUT2D eigenvalue weighted by Gasteiger charge is -2.36. The van der Waals surface area contributed by atoms with Crippen LogP contribution in [0.3, 0.4) is 0 Å². The van der Waals surface area contributed by atoms with E-state index >= 15 is 0 Å². The van der Waals surface area contributed by atoms with Crippen molar-refractivity contribution in [3.05, 3.63) is 64.3 Å². The molecule has 3 heterocycles. The second kappa shape index (κ2) is 9.05. The number of hydrogen-bond donors (Lipinski definition) is 2. The van der Waals surface area contributed by atoms with E-state index in [9.17, 15) is 4.79 Å². The van der Waals surface area contributed by atoms with Crippen molar-refractivity contribution >= 4 is 52.1 Å². The first-order valence-corrected chi connectivity index (χ1v) is 11.4. The third kappa shape index (κ3) is 4.29. The zero-order valence-corrected chi connectivity index (χ0v) is 19.4. The molecule has 5 rings (SSSR count). The first kappa shape index (κ1) is 21.8. The fraction of sp³-hybridized carbons (Fsp3) is 0.261. The number of ether oxygens (including phenoxy) is 1. The molecule has 1 fully saturated rings. The second-order valence-corrected chi connectivity index (χ2v) is 8.72. The molecule has 1 saturated heterocycles. The van der Waals surface area contributed by atoms with E-state index in [0.717, 1.165) is 25.3 Å². The molecule has 0 saturated carbocycles. The molecule has 0 radical (unpaired) electrons. The lowest BCUT2D eigenvalue weighted by Crippen LogP contribution is -2.49. The molecule has 2 aliphatic heterocycles. The summed E-state index contributed by atoms with van der Waals surface area (Å²) in [4.78, 5) is 25.5. The van der Waals surface area contributed by atoms with Gasteiger partial charge in [0.2, 0.25) is 11.8 Å². The quantitative estimate of drug-likeness (QED) is 0.570. The Morgan fingerprint density at radius 1 is 1.15 bits per heavy atom.